The second kappa shape index (κ2) is 7.25. The fourth-order valence-electron chi connectivity index (χ4n) is 2.66. The van der Waals surface area contributed by atoms with Crippen molar-refractivity contribution in [3.8, 4) is 11.5 Å². The molecule has 0 spiro atoms. The zero-order valence-electron chi connectivity index (χ0n) is 14.2. The molecular weight excluding hydrogens is 348 g/mol. The molecule has 1 aliphatic heterocycles. The van der Waals surface area contributed by atoms with Gasteiger partial charge in [-0.1, -0.05) is 6.07 Å². The SMILES string of the molecule is O=C(Nc1ccc2c(c1)OCCO2)c1cccc(NC(=O)c2ccco2)c1. The number of nitrogens with one attached hydrogen (secondary N) is 2. The first-order valence-corrected chi connectivity index (χ1v) is 8.35. The van der Waals surface area contributed by atoms with E-state index in [0.29, 0.717) is 41.7 Å². The summed E-state index contributed by atoms with van der Waals surface area (Å²) in [4.78, 5) is 24.6. The van der Waals surface area contributed by atoms with E-state index in [1.807, 2.05) is 0 Å². The van der Waals surface area contributed by atoms with Gasteiger partial charge in [-0.25, -0.2) is 0 Å². The van der Waals surface area contributed by atoms with E-state index in [9.17, 15) is 9.59 Å². The second-order valence-electron chi connectivity index (χ2n) is 5.82. The minimum atomic E-state index is -0.385. The van der Waals surface area contributed by atoms with E-state index in [4.69, 9.17) is 13.9 Å². The molecule has 2 N–H and O–H groups in total. The molecular formula is C20H16N2O5. The van der Waals surface area contributed by atoms with Gasteiger partial charge in [0.05, 0.1) is 6.26 Å². The molecule has 1 aliphatic rings. The predicted octanol–water partition coefficient (Wildman–Crippen LogP) is 3.56. The maximum atomic E-state index is 12.5. The zero-order chi connectivity index (χ0) is 18.6. The van der Waals surface area contributed by atoms with Gasteiger partial charge < -0.3 is 24.5 Å². The topological polar surface area (TPSA) is 89.8 Å². The Morgan fingerprint density at radius 2 is 1.56 bits per heavy atom. The van der Waals surface area contributed by atoms with Crippen molar-refractivity contribution < 1.29 is 23.5 Å². The van der Waals surface area contributed by atoms with Crippen molar-refractivity contribution in [3.05, 3.63) is 72.2 Å². The van der Waals surface area contributed by atoms with Crippen molar-refractivity contribution in [1.82, 2.24) is 0 Å². The summed E-state index contributed by atoms with van der Waals surface area (Å²) < 4.78 is 16.0. The quantitative estimate of drug-likeness (QED) is 0.739. The minimum absolute atomic E-state index is 0.195. The van der Waals surface area contributed by atoms with E-state index in [1.54, 1.807) is 54.6 Å². The number of carbonyl (C=O) groups excluding carboxylic acids is 2. The number of anilines is 2. The number of amides is 2. The molecule has 7 heteroatoms. The Kier molecular flexibility index (Phi) is 4.49. The van der Waals surface area contributed by atoms with Gasteiger partial charge in [0.15, 0.2) is 17.3 Å². The fourth-order valence-corrected chi connectivity index (χ4v) is 2.66. The average Bonchev–Trinajstić information content (AvgIpc) is 3.23. The van der Waals surface area contributed by atoms with Gasteiger partial charge in [-0.05, 0) is 42.5 Å². The van der Waals surface area contributed by atoms with Gasteiger partial charge in [-0.15, -0.1) is 0 Å². The minimum Gasteiger partial charge on any atom is -0.486 e. The molecule has 1 aromatic heterocycles. The van der Waals surface area contributed by atoms with E-state index in [2.05, 4.69) is 10.6 Å². The van der Waals surface area contributed by atoms with Gasteiger partial charge in [0.1, 0.15) is 13.2 Å². The molecule has 4 rings (SSSR count). The van der Waals surface area contributed by atoms with Crippen LogP contribution in [0.4, 0.5) is 11.4 Å². The third kappa shape index (κ3) is 3.77. The van der Waals surface area contributed by atoms with E-state index in [0.717, 1.165) is 0 Å². The largest absolute Gasteiger partial charge is 0.486 e. The van der Waals surface area contributed by atoms with Crippen molar-refractivity contribution in [2.75, 3.05) is 23.8 Å². The van der Waals surface area contributed by atoms with Crippen LogP contribution in [-0.4, -0.2) is 25.0 Å². The lowest BCUT2D eigenvalue weighted by Crippen LogP contribution is -2.16. The lowest BCUT2D eigenvalue weighted by Gasteiger charge is -2.19. The third-order valence-electron chi connectivity index (χ3n) is 3.93. The second-order valence-corrected chi connectivity index (χ2v) is 5.82. The normalized spacial score (nSPS) is 12.3. The van der Waals surface area contributed by atoms with E-state index in [-0.39, 0.29) is 17.6 Å². The molecule has 0 fully saturated rings. The third-order valence-corrected chi connectivity index (χ3v) is 3.93. The molecule has 2 heterocycles. The number of fused-ring (bicyclic) bond motifs is 1. The summed E-state index contributed by atoms with van der Waals surface area (Å²) in [5.74, 6) is 0.756. The summed E-state index contributed by atoms with van der Waals surface area (Å²) >= 11 is 0. The number of benzene rings is 2. The number of carbonyl (C=O) groups is 2. The van der Waals surface area contributed by atoms with Crippen LogP contribution < -0.4 is 20.1 Å². The molecule has 27 heavy (non-hydrogen) atoms. The molecule has 7 nitrogen and oxygen atoms in total. The van der Waals surface area contributed by atoms with Crippen LogP contribution >= 0.6 is 0 Å². The summed E-state index contributed by atoms with van der Waals surface area (Å²) in [5.41, 5.74) is 1.49. The lowest BCUT2D eigenvalue weighted by atomic mass is 10.1. The Bertz CT molecular complexity index is 982. The Morgan fingerprint density at radius 1 is 0.778 bits per heavy atom. The highest BCUT2D eigenvalue weighted by molar-refractivity contribution is 6.06. The summed E-state index contributed by atoms with van der Waals surface area (Å²) in [5, 5.41) is 5.51. The highest BCUT2D eigenvalue weighted by Gasteiger charge is 2.14. The first-order chi connectivity index (χ1) is 13.2. The average molecular weight is 364 g/mol. The summed E-state index contributed by atoms with van der Waals surface area (Å²) in [6.07, 6.45) is 1.42. The van der Waals surface area contributed by atoms with E-state index in [1.165, 1.54) is 6.26 Å². The summed E-state index contributed by atoms with van der Waals surface area (Å²) in [6, 6.07) is 15.1. The van der Waals surface area contributed by atoms with Crippen molar-refractivity contribution in [1.29, 1.82) is 0 Å². The van der Waals surface area contributed by atoms with Gasteiger partial charge in [0.2, 0.25) is 0 Å². The number of hydrogen-bond acceptors (Lipinski definition) is 5. The van der Waals surface area contributed by atoms with Crippen LogP contribution in [0.15, 0.2) is 65.3 Å². The Hall–Kier alpha value is -3.74. The molecule has 0 radical (unpaired) electrons. The molecule has 0 atom stereocenters. The van der Waals surface area contributed by atoms with Crippen LogP contribution in [-0.2, 0) is 0 Å². The molecule has 2 aromatic carbocycles. The first-order valence-electron chi connectivity index (χ1n) is 8.35. The Labute approximate surface area is 154 Å². The number of furan rings is 1. The van der Waals surface area contributed by atoms with Crippen LogP contribution in [0.3, 0.4) is 0 Å². The van der Waals surface area contributed by atoms with Gasteiger partial charge in [-0.2, -0.15) is 0 Å². The maximum absolute atomic E-state index is 12.5. The highest BCUT2D eigenvalue weighted by Crippen LogP contribution is 2.32. The Morgan fingerprint density at radius 3 is 2.37 bits per heavy atom. The monoisotopic (exact) mass is 364 g/mol. The summed E-state index contributed by atoms with van der Waals surface area (Å²) in [7, 11) is 0. The molecule has 136 valence electrons. The molecule has 3 aromatic rings. The number of ether oxygens (including phenoxy) is 2. The number of hydrogen-bond donors (Lipinski definition) is 2. The van der Waals surface area contributed by atoms with E-state index < -0.39 is 0 Å². The molecule has 2 amide bonds. The van der Waals surface area contributed by atoms with Crippen molar-refractivity contribution >= 4 is 23.2 Å². The molecule has 0 saturated heterocycles. The first kappa shape index (κ1) is 16.7. The van der Waals surface area contributed by atoms with Gasteiger partial charge in [-0.3, -0.25) is 9.59 Å². The smallest absolute Gasteiger partial charge is 0.291 e. The molecule has 0 aliphatic carbocycles. The van der Waals surface area contributed by atoms with Crippen LogP contribution in [0.25, 0.3) is 0 Å². The van der Waals surface area contributed by atoms with Crippen LogP contribution in [0.5, 0.6) is 11.5 Å². The number of rotatable bonds is 4. The van der Waals surface area contributed by atoms with Crippen LogP contribution in [0.2, 0.25) is 0 Å². The van der Waals surface area contributed by atoms with Crippen molar-refractivity contribution in [2.24, 2.45) is 0 Å². The van der Waals surface area contributed by atoms with Gasteiger partial charge >= 0.3 is 0 Å². The molecule has 0 unspecified atom stereocenters. The lowest BCUT2D eigenvalue weighted by molar-refractivity contribution is 0.0993. The fraction of sp³-hybridized carbons (Fsp3) is 0.100. The van der Waals surface area contributed by atoms with Crippen LogP contribution in [0, 0.1) is 0 Å². The van der Waals surface area contributed by atoms with Crippen LogP contribution in [0.1, 0.15) is 20.9 Å². The zero-order valence-corrected chi connectivity index (χ0v) is 14.2. The predicted molar refractivity (Wildman–Crippen MR) is 98.5 cm³/mol. The summed E-state index contributed by atoms with van der Waals surface area (Å²) in [6.45, 7) is 0.983. The molecule has 0 saturated carbocycles. The van der Waals surface area contributed by atoms with Gasteiger partial charge in [0, 0.05) is 23.0 Å². The standard InChI is InChI=1S/C20H16N2O5/c23-19(21-15-6-7-16-18(12-15)27-10-9-26-16)13-3-1-4-14(11-13)22-20(24)17-5-2-8-25-17/h1-8,11-12H,9-10H2,(H,21,23)(H,22,24). The highest BCUT2D eigenvalue weighted by atomic mass is 16.6. The molecule has 0 bridgehead atoms. The Balaban J connectivity index is 1.47. The van der Waals surface area contributed by atoms with E-state index >= 15 is 0 Å². The van der Waals surface area contributed by atoms with Crippen molar-refractivity contribution in [3.63, 3.8) is 0 Å². The van der Waals surface area contributed by atoms with Crippen molar-refractivity contribution in [2.45, 2.75) is 0 Å². The van der Waals surface area contributed by atoms with Gasteiger partial charge in [0.25, 0.3) is 11.8 Å². The maximum Gasteiger partial charge on any atom is 0.291 e.